The summed E-state index contributed by atoms with van der Waals surface area (Å²) in [4.78, 5) is 32.6. The highest BCUT2D eigenvalue weighted by molar-refractivity contribution is 5.84. The number of fused-ring (bicyclic) bond motifs is 2. The predicted molar refractivity (Wildman–Crippen MR) is 97.7 cm³/mol. The summed E-state index contributed by atoms with van der Waals surface area (Å²) in [5, 5.41) is 1.67. The summed E-state index contributed by atoms with van der Waals surface area (Å²) < 4.78 is 3.46. The Morgan fingerprint density at radius 2 is 2.00 bits per heavy atom. The Balaban J connectivity index is 1.56. The average Bonchev–Trinajstić information content (AvgIpc) is 3.43. The largest absolute Gasteiger partial charge is 0.309 e. The molecule has 4 aromatic rings. The lowest BCUT2D eigenvalue weighted by atomic mass is 10.1. The monoisotopic (exact) mass is 344 g/mol. The number of imidazole rings is 1. The fourth-order valence-corrected chi connectivity index (χ4v) is 3.46. The minimum Gasteiger partial charge on any atom is -0.309 e. The Labute approximate surface area is 148 Å². The highest BCUT2D eigenvalue weighted by atomic mass is 16.1. The molecule has 4 aromatic heterocycles. The van der Waals surface area contributed by atoms with Crippen LogP contribution in [0.4, 0.5) is 0 Å². The van der Waals surface area contributed by atoms with Crippen molar-refractivity contribution in [2.24, 2.45) is 0 Å². The zero-order valence-electron chi connectivity index (χ0n) is 14.0. The molecule has 1 aliphatic rings. The SMILES string of the molecule is O=Cc1ccc2nc(Cn3ccc4c(C5CC5)cncc4c3=O)cn2c1. The summed E-state index contributed by atoms with van der Waals surface area (Å²) in [6, 6.07) is 5.53. The van der Waals surface area contributed by atoms with Crippen molar-refractivity contribution in [3.05, 3.63) is 76.4 Å². The third-order valence-corrected chi connectivity index (χ3v) is 4.94. The molecule has 4 heterocycles. The molecule has 0 unspecified atom stereocenters. The minimum atomic E-state index is -0.0527. The molecule has 0 aromatic carbocycles. The number of aromatic nitrogens is 4. The first-order valence-corrected chi connectivity index (χ1v) is 8.63. The van der Waals surface area contributed by atoms with Gasteiger partial charge in [0.2, 0.25) is 0 Å². The van der Waals surface area contributed by atoms with Gasteiger partial charge in [-0.3, -0.25) is 14.6 Å². The molecular formula is C20H16N4O2. The Kier molecular flexibility index (Phi) is 3.25. The first-order chi connectivity index (χ1) is 12.7. The first kappa shape index (κ1) is 15.0. The van der Waals surface area contributed by atoms with Crippen molar-refractivity contribution in [3.8, 4) is 0 Å². The summed E-state index contributed by atoms with van der Waals surface area (Å²) in [5.41, 5.74) is 3.23. The first-order valence-electron chi connectivity index (χ1n) is 8.63. The summed E-state index contributed by atoms with van der Waals surface area (Å²) in [7, 11) is 0. The van der Waals surface area contributed by atoms with Crippen molar-refractivity contribution in [2.75, 3.05) is 0 Å². The fraction of sp³-hybridized carbons (Fsp3) is 0.200. The Morgan fingerprint density at radius 3 is 2.81 bits per heavy atom. The molecule has 0 N–H and O–H groups in total. The molecule has 6 nitrogen and oxygen atoms in total. The van der Waals surface area contributed by atoms with E-state index in [0.29, 0.717) is 23.4 Å². The Morgan fingerprint density at radius 1 is 1.12 bits per heavy atom. The second kappa shape index (κ2) is 5.62. The smallest absolute Gasteiger partial charge is 0.260 e. The maximum absolute atomic E-state index is 12.9. The van der Waals surface area contributed by atoms with E-state index in [-0.39, 0.29) is 5.56 Å². The van der Waals surface area contributed by atoms with E-state index < -0.39 is 0 Å². The van der Waals surface area contributed by atoms with E-state index in [9.17, 15) is 9.59 Å². The van der Waals surface area contributed by atoms with Crippen LogP contribution in [0.25, 0.3) is 16.4 Å². The molecule has 0 saturated heterocycles. The van der Waals surface area contributed by atoms with Gasteiger partial charge in [0.1, 0.15) is 5.65 Å². The Bertz CT molecular complexity index is 1220. The zero-order valence-corrected chi connectivity index (χ0v) is 14.0. The number of aldehydes is 1. The lowest BCUT2D eigenvalue weighted by molar-refractivity contribution is 0.112. The van der Waals surface area contributed by atoms with Gasteiger partial charge in [-0.05, 0) is 47.9 Å². The zero-order chi connectivity index (χ0) is 17.7. The molecule has 26 heavy (non-hydrogen) atoms. The van der Waals surface area contributed by atoms with E-state index in [0.717, 1.165) is 23.0 Å². The van der Waals surface area contributed by atoms with E-state index in [1.54, 1.807) is 33.5 Å². The standard InChI is InChI=1S/C20H16N4O2/c25-12-13-1-4-19-22-15(11-24(19)9-13)10-23-6-5-16-17(14-2-3-14)7-21-8-18(16)20(23)26/h1,4-9,11-12,14H,2-3,10H2. The van der Waals surface area contributed by atoms with E-state index >= 15 is 0 Å². The normalized spacial score (nSPS) is 14.2. The van der Waals surface area contributed by atoms with Gasteiger partial charge in [-0.15, -0.1) is 0 Å². The molecule has 0 bridgehead atoms. The number of hydrogen-bond donors (Lipinski definition) is 0. The summed E-state index contributed by atoms with van der Waals surface area (Å²) in [5.74, 6) is 0.548. The van der Waals surface area contributed by atoms with Crippen LogP contribution >= 0.6 is 0 Å². The summed E-state index contributed by atoms with van der Waals surface area (Å²) in [6.07, 6.45) is 12.1. The molecule has 128 valence electrons. The van der Waals surface area contributed by atoms with Crippen LogP contribution in [0, 0.1) is 0 Å². The van der Waals surface area contributed by atoms with Crippen molar-refractivity contribution in [2.45, 2.75) is 25.3 Å². The summed E-state index contributed by atoms with van der Waals surface area (Å²) in [6.45, 7) is 0.376. The maximum Gasteiger partial charge on any atom is 0.260 e. The molecule has 1 saturated carbocycles. The van der Waals surface area contributed by atoms with Crippen molar-refractivity contribution < 1.29 is 4.79 Å². The van der Waals surface area contributed by atoms with Crippen LogP contribution in [0.5, 0.6) is 0 Å². The van der Waals surface area contributed by atoms with Gasteiger partial charge in [0.05, 0.1) is 17.6 Å². The molecule has 0 spiro atoms. The second-order valence-electron chi connectivity index (χ2n) is 6.79. The fourth-order valence-electron chi connectivity index (χ4n) is 3.46. The molecule has 5 rings (SSSR count). The number of rotatable bonds is 4. The number of hydrogen-bond acceptors (Lipinski definition) is 4. The van der Waals surface area contributed by atoms with Crippen LogP contribution in [0.15, 0.2) is 54.0 Å². The number of carbonyl (C=O) groups excluding carboxylic acids is 1. The molecule has 1 fully saturated rings. The van der Waals surface area contributed by atoms with Crippen molar-refractivity contribution in [3.63, 3.8) is 0 Å². The van der Waals surface area contributed by atoms with Gasteiger partial charge in [-0.1, -0.05) is 0 Å². The number of pyridine rings is 3. The van der Waals surface area contributed by atoms with E-state index in [4.69, 9.17) is 0 Å². The second-order valence-corrected chi connectivity index (χ2v) is 6.79. The van der Waals surface area contributed by atoms with Gasteiger partial charge < -0.3 is 8.97 Å². The van der Waals surface area contributed by atoms with E-state index in [2.05, 4.69) is 9.97 Å². The van der Waals surface area contributed by atoms with Crippen LogP contribution in [-0.4, -0.2) is 25.2 Å². The van der Waals surface area contributed by atoms with Crippen molar-refractivity contribution in [1.82, 2.24) is 18.9 Å². The third kappa shape index (κ3) is 2.42. The third-order valence-electron chi connectivity index (χ3n) is 4.94. The molecule has 0 aliphatic heterocycles. The van der Waals surface area contributed by atoms with Crippen LogP contribution in [-0.2, 0) is 6.54 Å². The van der Waals surface area contributed by atoms with Gasteiger partial charge in [0, 0.05) is 36.5 Å². The predicted octanol–water partition coefficient (Wildman–Crippen LogP) is 2.78. The molecule has 0 radical (unpaired) electrons. The van der Waals surface area contributed by atoms with Crippen LogP contribution in [0.1, 0.15) is 40.4 Å². The van der Waals surface area contributed by atoms with Crippen LogP contribution < -0.4 is 5.56 Å². The van der Waals surface area contributed by atoms with Gasteiger partial charge in [0.15, 0.2) is 6.29 Å². The van der Waals surface area contributed by atoms with Crippen LogP contribution in [0.2, 0.25) is 0 Å². The topological polar surface area (TPSA) is 69.3 Å². The number of carbonyl (C=O) groups is 1. The highest BCUT2D eigenvalue weighted by Gasteiger charge is 2.26. The maximum atomic E-state index is 12.9. The van der Waals surface area contributed by atoms with Gasteiger partial charge in [0.25, 0.3) is 5.56 Å². The van der Waals surface area contributed by atoms with Crippen molar-refractivity contribution in [1.29, 1.82) is 0 Å². The molecule has 0 atom stereocenters. The van der Waals surface area contributed by atoms with Gasteiger partial charge >= 0.3 is 0 Å². The summed E-state index contributed by atoms with van der Waals surface area (Å²) >= 11 is 0. The van der Waals surface area contributed by atoms with Crippen molar-refractivity contribution >= 4 is 22.7 Å². The van der Waals surface area contributed by atoms with Gasteiger partial charge in [-0.25, -0.2) is 4.98 Å². The van der Waals surface area contributed by atoms with Crippen LogP contribution in [0.3, 0.4) is 0 Å². The number of nitrogens with zero attached hydrogens (tertiary/aromatic N) is 4. The van der Waals surface area contributed by atoms with Gasteiger partial charge in [-0.2, -0.15) is 0 Å². The molecule has 6 heteroatoms. The average molecular weight is 344 g/mol. The molecule has 1 aliphatic carbocycles. The molecular weight excluding hydrogens is 328 g/mol. The minimum absolute atomic E-state index is 0.0527. The highest BCUT2D eigenvalue weighted by Crippen LogP contribution is 2.42. The lowest BCUT2D eigenvalue weighted by Crippen LogP contribution is -2.20. The van der Waals surface area contributed by atoms with E-state index in [1.807, 2.05) is 24.7 Å². The lowest BCUT2D eigenvalue weighted by Gasteiger charge is -2.08. The molecule has 0 amide bonds. The quantitative estimate of drug-likeness (QED) is 0.534. The Hall–Kier alpha value is -3.28. The van der Waals surface area contributed by atoms with E-state index in [1.165, 1.54) is 18.4 Å².